The highest BCUT2D eigenvalue weighted by atomic mass is 19.1. The summed E-state index contributed by atoms with van der Waals surface area (Å²) in [6.45, 7) is 12.3. The number of hydrogen-bond donors (Lipinski definition) is 2. The summed E-state index contributed by atoms with van der Waals surface area (Å²) in [5, 5.41) is 22.0. The van der Waals surface area contributed by atoms with Gasteiger partial charge in [0.15, 0.2) is 12.0 Å². The zero-order valence-corrected chi connectivity index (χ0v) is 22.4. The van der Waals surface area contributed by atoms with Gasteiger partial charge in [-0.1, -0.05) is 33.3 Å². The van der Waals surface area contributed by atoms with Gasteiger partial charge in [0.1, 0.15) is 23.6 Å². The standard InChI is InChI=1S/C28H40FNO7/c1-7-9-19-25(33)16(2)10-8-11-28(6)23(37-28)13-21(20(29)12-18-15-35-17(3)30-18)36-24(32)14-22(31)27(4,5)26(19)34/h7,12,15-16,19,21-23,25,31,33H,1,8-11,13-14H2,2-6H3. The predicted molar refractivity (Wildman–Crippen MR) is 135 cm³/mol. The van der Waals surface area contributed by atoms with E-state index in [4.69, 9.17) is 13.9 Å². The topological polar surface area (TPSA) is 122 Å². The summed E-state index contributed by atoms with van der Waals surface area (Å²) in [5.74, 6) is -2.51. The van der Waals surface area contributed by atoms with E-state index in [0.29, 0.717) is 18.7 Å². The Morgan fingerprint density at radius 2 is 2.00 bits per heavy atom. The second-order valence-electron chi connectivity index (χ2n) is 11.3. The Hall–Kier alpha value is -2.36. The summed E-state index contributed by atoms with van der Waals surface area (Å²) in [5.41, 5.74) is -1.61. The molecule has 0 amide bonds. The number of fused-ring (bicyclic) bond motifs is 1. The van der Waals surface area contributed by atoms with E-state index < -0.39 is 53.5 Å². The molecule has 206 valence electrons. The molecule has 3 rings (SSSR count). The van der Waals surface area contributed by atoms with Crippen LogP contribution in [0.3, 0.4) is 0 Å². The first kappa shape index (κ1) is 29.2. The number of halogens is 1. The van der Waals surface area contributed by atoms with E-state index in [9.17, 15) is 19.8 Å². The van der Waals surface area contributed by atoms with Crippen LogP contribution < -0.4 is 0 Å². The van der Waals surface area contributed by atoms with Crippen LogP contribution in [-0.4, -0.2) is 57.0 Å². The molecule has 37 heavy (non-hydrogen) atoms. The lowest BCUT2D eigenvalue weighted by atomic mass is 9.71. The number of cyclic esters (lactones) is 1. The van der Waals surface area contributed by atoms with Gasteiger partial charge in [-0.3, -0.25) is 9.59 Å². The van der Waals surface area contributed by atoms with Gasteiger partial charge in [-0.25, -0.2) is 9.37 Å². The molecule has 3 heterocycles. The Balaban J connectivity index is 1.88. The first-order valence-corrected chi connectivity index (χ1v) is 13.0. The fourth-order valence-corrected chi connectivity index (χ4v) is 5.09. The van der Waals surface area contributed by atoms with Crippen molar-refractivity contribution in [1.82, 2.24) is 4.98 Å². The van der Waals surface area contributed by atoms with E-state index in [1.807, 2.05) is 13.8 Å². The lowest BCUT2D eigenvalue weighted by molar-refractivity contribution is -0.155. The van der Waals surface area contributed by atoms with Gasteiger partial charge in [0.25, 0.3) is 0 Å². The molecule has 2 aliphatic heterocycles. The fourth-order valence-electron chi connectivity index (χ4n) is 5.09. The van der Waals surface area contributed by atoms with Gasteiger partial charge < -0.3 is 24.1 Å². The maximum Gasteiger partial charge on any atom is 0.309 e. The lowest BCUT2D eigenvalue weighted by Gasteiger charge is -2.35. The highest BCUT2D eigenvalue weighted by Crippen LogP contribution is 2.45. The molecule has 0 aromatic carbocycles. The molecule has 8 nitrogen and oxygen atoms in total. The quantitative estimate of drug-likeness (QED) is 0.338. The SMILES string of the molecule is C=CCC1C(=O)C(C)(C)C(O)CC(=O)OC(C(F)=Cc2coc(C)n2)CC2OC2(C)CCCC(C)C1O. The summed E-state index contributed by atoms with van der Waals surface area (Å²) >= 11 is 0. The van der Waals surface area contributed by atoms with E-state index in [1.165, 1.54) is 20.1 Å². The highest BCUT2D eigenvalue weighted by Gasteiger charge is 2.53. The van der Waals surface area contributed by atoms with Crippen molar-refractivity contribution in [3.63, 3.8) is 0 Å². The number of ketones is 1. The van der Waals surface area contributed by atoms with E-state index in [-0.39, 0.29) is 36.3 Å². The van der Waals surface area contributed by atoms with Crippen molar-refractivity contribution in [3.05, 3.63) is 36.3 Å². The number of aliphatic hydroxyl groups excluding tert-OH is 2. The number of carbonyl (C=O) groups is 2. The molecule has 0 spiro atoms. The fraction of sp³-hybridized carbons (Fsp3) is 0.679. The molecule has 0 saturated carbocycles. The third kappa shape index (κ3) is 6.94. The lowest BCUT2D eigenvalue weighted by Crippen LogP contribution is -2.46. The first-order chi connectivity index (χ1) is 17.3. The summed E-state index contributed by atoms with van der Waals surface area (Å²) < 4.78 is 31.8. The molecule has 1 aromatic heterocycles. The molecule has 0 radical (unpaired) electrons. The van der Waals surface area contributed by atoms with Crippen molar-refractivity contribution in [2.24, 2.45) is 17.3 Å². The van der Waals surface area contributed by atoms with Crippen LogP contribution in [0.1, 0.15) is 77.8 Å². The molecule has 7 atom stereocenters. The van der Waals surface area contributed by atoms with Crippen molar-refractivity contribution in [3.8, 4) is 0 Å². The molecule has 7 unspecified atom stereocenters. The average molecular weight is 522 g/mol. The van der Waals surface area contributed by atoms with Crippen molar-refractivity contribution >= 4 is 17.8 Å². The molecule has 2 saturated heterocycles. The van der Waals surface area contributed by atoms with Crippen LogP contribution in [-0.2, 0) is 19.1 Å². The number of epoxide rings is 1. The van der Waals surface area contributed by atoms with Crippen LogP contribution in [0.5, 0.6) is 0 Å². The third-order valence-electron chi connectivity index (χ3n) is 7.88. The maximum atomic E-state index is 15.3. The minimum Gasteiger partial charge on any atom is -0.455 e. The van der Waals surface area contributed by atoms with Gasteiger partial charge in [0, 0.05) is 25.3 Å². The number of aromatic nitrogens is 1. The summed E-state index contributed by atoms with van der Waals surface area (Å²) in [7, 11) is 0. The van der Waals surface area contributed by atoms with Crippen molar-refractivity contribution in [2.75, 3.05) is 0 Å². The predicted octanol–water partition coefficient (Wildman–Crippen LogP) is 4.47. The summed E-state index contributed by atoms with van der Waals surface area (Å²) in [4.78, 5) is 30.4. The number of aliphatic hydroxyl groups is 2. The van der Waals surface area contributed by atoms with E-state index >= 15 is 4.39 Å². The Morgan fingerprint density at radius 3 is 2.62 bits per heavy atom. The van der Waals surface area contributed by atoms with E-state index in [1.54, 1.807) is 13.0 Å². The van der Waals surface area contributed by atoms with Crippen LogP contribution in [0.15, 0.2) is 29.2 Å². The van der Waals surface area contributed by atoms with Crippen LogP contribution in [0.25, 0.3) is 6.08 Å². The van der Waals surface area contributed by atoms with Crippen molar-refractivity contribution in [2.45, 2.75) is 103 Å². The Morgan fingerprint density at radius 1 is 1.30 bits per heavy atom. The second kappa shape index (κ2) is 11.6. The number of allylic oxidation sites excluding steroid dienone is 1. The number of Topliss-reactive ketones (excluding diaryl/α,β-unsaturated/α-hetero) is 1. The van der Waals surface area contributed by atoms with E-state index in [0.717, 1.165) is 12.5 Å². The number of esters is 1. The van der Waals surface area contributed by atoms with Gasteiger partial charge in [-0.05, 0) is 32.1 Å². The Labute approximate surface area is 217 Å². The molecule has 0 bridgehead atoms. The first-order valence-electron chi connectivity index (χ1n) is 13.0. The highest BCUT2D eigenvalue weighted by molar-refractivity contribution is 5.88. The Bertz CT molecular complexity index is 1020. The molecule has 1 aromatic rings. The van der Waals surface area contributed by atoms with Gasteiger partial charge in [0.2, 0.25) is 0 Å². The van der Waals surface area contributed by atoms with Crippen molar-refractivity contribution < 1.29 is 38.1 Å². The smallest absolute Gasteiger partial charge is 0.309 e. The van der Waals surface area contributed by atoms with Gasteiger partial charge in [0.05, 0.1) is 35.7 Å². The van der Waals surface area contributed by atoms with Crippen molar-refractivity contribution in [1.29, 1.82) is 0 Å². The summed E-state index contributed by atoms with van der Waals surface area (Å²) in [6, 6.07) is 0. The van der Waals surface area contributed by atoms with Crippen LogP contribution in [0.4, 0.5) is 4.39 Å². The number of hydrogen-bond acceptors (Lipinski definition) is 8. The number of carbonyl (C=O) groups excluding carboxylic acids is 2. The van der Waals surface area contributed by atoms with Gasteiger partial charge in [-0.2, -0.15) is 0 Å². The molecule has 9 heteroatoms. The number of aryl methyl sites for hydroxylation is 1. The average Bonchev–Trinajstić information content (AvgIpc) is 3.27. The number of rotatable bonds is 4. The molecule has 2 aliphatic rings. The normalized spacial score (nSPS) is 35.9. The number of nitrogens with zero attached hydrogens (tertiary/aromatic N) is 1. The monoisotopic (exact) mass is 521 g/mol. The zero-order valence-electron chi connectivity index (χ0n) is 22.4. The maximum absolute atomic E-state index is 15.3. The van der Waals surface area contributed by atoms with Crippen LogP contribution >= 0.6 is 0 Å². The third-order valence-corrected chi connectivity index (χ3v) is 7.88. The largest absolute Gasteiger partial charge is 0.455 e. The minimum absolute atomic E-state index is 0.0966. The Kier molecular flexibility index (Phi) is 9.14. The number of ether oxygens (including phenoxy) is 2. The molecular formula is C28H40FNO7. The van der Waals surface area contributed by atoms with Gasteiger partial charge >= 0.3 is 5.97 Å². The van der Waals surface area contributed by atoms with Gasteiger partial charge in [-0.15, -0.1) is 6.58 Å². The molecular weight excluding hydrogens is 481 g/mol. The summed E-state index contributed by atoms with van der Waals surface area (Å²) in [6.07, 6.45) is 2.03. The minimum atomic E-state index is -1.40. The number of oxazole rings is 1. The van der Waals surface area contributed by atoms with Crippen LogP contribution in [0, 0.1) is 24.2 Å². The zero-order chi connectivity index (χ0) is 27.5. The second-order valence-corrected chi connectivity index (χ2v) is 11.3. The molecule has 2 N–H and O–H groups in total. The molecule has 2 fully saturated rings. The van der Waals surface area contributed by atoms with Crippen LogP contribution in [0.2, 0.25) is 0 Å². The van der Waals surface area contributed by atoms with E-state index in [2.05, 4.69) is 11.6 Å². The molecule has 0 aliphatic carbocycles.